The molecule has 1 rings (SSSR count). The van der Waals surface area contributed by atoms with E-state index in [0.29, 0.717) is 6.42 Å². The zero-order chi connectivity index (χ0) is 9.68. The van der Waals surface area contributed by atoms with Crippen LogP contribution in [0.3, 0.4) is 0 Å². The monoisotopic (exact) mass is 243 g/mol. The molecular formula is C9H10BrNO2. The predicted octanol–water partition coefficient (Wildman–Crippen LogP) is 1.86. The Morgan fingerprint density at radius 1 is 1.54 bits per heavy atom. The summed E-state index contributed by atoms with van der Waals surface area (Å²) in [6.45, 7) is 0. The van der Waals surface area contributed by atoms with Gasteiger partial charge in [0.2, 0.25) is 0 Å². The van der Waals surface area contributed by atoms with Gasteiger partial charge in [0, 0.05) is 12.4 Å². The van der Waals surface area contributed by atoms with Crippen LogP contribution in [0.1, 0.15) is 12.0 Å². The molecule has 0 spiro atoms. The maximum atomic E-state index is 10.5. The van der Waals surface area contributed by atoms with E-state index in [9.17, 15) is 4.79 Å². The lowest BCUT2D eigenvalue weighted by molar-refractivity contribution is -0.136. The number of carboxylic acid groups (broad SMARTS) is 1. The van der Waals surface area contributed by atoms with Crippen molar-refractivity contribution in [1.82, 2.24) is 4.98 Å². The Balaban J connectivity index is 2.39. The summed E-state index contributed by atoms with van der Waals surface area (Å²) in [5.41, 5.74) is 1.11. The molecule has 70 valence electrons. The van der Waals surface area contributed by atoms with Crippen LogP contribution in [-0.4, -0.2) is 20.9 Å². The van der Waals surface area contributed by atoms with Gasteiger partial charge in [0.25, 0.3) is 0 Å². The summed E-state index contributed by atoms with van der Waals surface area (Å²) in [7, 11) is 0. The lowest BCUT2D eigenvalue weighted by atomic mass is 10.1. The number of aryl methyl sites for hydroxylation is 1. The van der Waals surface area contributed by atoms with E-state index in [-0.39, 0.29) is 0 Å². The molecule has 0 amide bonds. The molecule has 0 saturated heterocycles. The molecule has 13 heavy (non-hydrogen) atoms. The summed E-state index contributed by atoms with van der Waals surface area (Å²) >= 11 is 3.08. The van der Waals surface area contributed by atoms with Crippen LogP contribution < -0.4 is 0 Å². The van der Waals surface area contributed by atoms with Gasteiger partial charge in [-0.1, -0.05) is 15.9 Å². The van der Waals surface area contributed by atoms with E-state index >= 15 is 0 Å². The molecule has 0 aliphatic heterocycles. The van der Waals surface area contributed by atoms with Crippen LogP contribution in [0.25, 0.3) is 0 Å². The summed E-state index contributed by atoms with van der Waals surface area (Å²) in [5.74, 6) is -0.811. The zero-order valence-corrected chi connectivity index (χ0v) is 8.57. The van der Waals surface area contributed by atoms with E-state index in [1.54, 1.807) is 12.4 Å². The van der Waals surface area contributed by atoms with Gasteiger partial charge in [-0.25, -0.2) is 0 Å². The topological polar surface area (TPSA) is 50.2 Å². The molecule has 0 bridgehead atoms. The van der Waals surface area contributed by atoms with E-state index in [1.807, 2.05) is 12.1 Å². The highest BCUT2D eigenvalue weighted by molar-refractivity contribution is 9.10. The highest BCUT2D eigenvalue weighted by atomic mass is 79.9. The molecule has 1 atom stereocenters. The van der Waals surface area contributed by atoms with Crippen molar-refractivity contribution < 1.29 is 9.90 Å². The number of carbonyl (C=O) groups is 1. The van der Waals surface area contributed by atoms with Crippen molar-refractivity contribution in [3.63, 3.8) is 0 Å². The van der Waals surface area contributed by atoms with Crippen LogP contribution in [-0.2, 0) is 11.2 Å². The number of aromatic nitrogens is 1. The zero-order valence-electron chi connectivity index (χ0n) is 6.98. The molecule has 1 unspecified atom stereocenters. The number of halogens is 1. The van der Waals surface area contributed by atoms with Gasteiger partial charge >= 0.3 is 5.97 Å². The fourth-order valence-electron chi connectivity index (χ4n) is 0.966. The summed E-state index contributed by atoms with van der Waals surface area (Å²) in [5, 5.41) is 8.60. The molecule has 1 aromatic heterocycles. The highest BCUT2D eigenvalue weighted by Gasteiger charge is 2.11. The number of alkyl halides is 1. The van der Waals surface area contributed by atoms with Crippen molar-refractivity contribution in [3.8, 4) is 0 Å². The van der Waals surface area contributed by atoms with Crippen LogP contribution in [0, 0.1) is 0 Å². The minimum atomic E-state index is -0.811. The summed E-state index contributed by atoms with van der Waals surface area (Å²) in [6, 6.07) is 3.78. The minimum Gasteiger partial charge on any atom is -0.480 e. The van der Waals surface area contributed by atoms with E-state index < -0.39 is 10.8 Å². The van der Waals surface area contributed by atoms with Gasteiger partial charge < -0.3 is 5.11 Å². The Labute approximate surface area is 84.9 Å². The SMILES string of the molecule is O=C(O)C(Br)CCc1ccncc1. The number of aliphatic carboxylic acids is 1. The number of hydrogen-bond acceptors (Lipinski definition) is 2. The molecule has 0 aliphatic rings. The molecule has 0 aliphatic carbocycles. The second-order valence-corrected chi connectivity index (χ2v) is 3.81. The lowest BCUT2D eigenvalue weighted by Gasteiger charge is -2.03. The molecule has 4 heteroatoms. The molecular weight excluding hydrogens is 234 g/mol. The van der Waals surface area contributed by atoms with Gasteiger partial charge in [0.05, 0.1) is 0 Å². The molecule has 3 nitrogen and oxygen atoms in total. The third-order valence-electron chi connectivity index (χ3n) is 1.70. The Morgan fingerprint density at radius 3 is 2.69 bits per heavy atom. The number of pyridine rings is 1. The number of carboxylic acids is 1. The van der Waals surface area contributed by atoms with Crippen LogP contribution in [0.15, 0.2) is 24.5 Å². The first-order valence-electron chi connectivity index (χ1n) is 3.96. The number of nitrogens with zero attached hydrogens (tertiary/aromatic N) is 1. The second-order valence-electron chi connectivity index (χ2n) is 2.70. The summed E-state index contributed by atoms with van der Waals surface area (Å²) in [4.78, 5) is 13.9. The quantitative estimate of drug-likeness (QED) is 0.822. The van der Waals surface area contributed by atoms with E-state index in [1.165, 1.54) is 0 Å². The Hall–Kier alpha value is -0.900. The van der Waals surface area contributed by atoms with Crippen molar-refractivity contribution in [3.05, 3.63) is 30.1 Å². The molecule has 0 saturated carbocycles. The fraction of sp³-hybridized carbons (Fsp3) is 0.333. The normalized spacial score (nSPS) is 12.4. The van der Waals surface area contributed by atoms with Crippen molar-refractivity contribution in [2.75, 3.05) is 0 Å². The van der Waals surface area contributed by atoms with Crippen molar-refractivity contribution >= 4 is 21.9 Å². The van der Waals surface area contributed by atoms with Crippen molar-refractivity contribution in [1.29, 1.82) is 0 Å². The van der Waals surface area contributed by atoms with Crippen molar-refractivity contribution in [2.24, 2.45) is 0 Å². The maximum absolute atomic E-state index is 10.5. The Kier molecular flexibility index (Phi) is 3.89. The molecule has 1 aromatic rings. The summed E-state index contributed by atoms with van der Waals surface area (Å²) in [6.07, 6.45) is 4.77. The average molecular weight is 244 g/mol. The van der Waals surface area contributed by atoms with Gasteiger partial charge in [0.15, 0.2) is 0 Å². The average Bonchev–Trinajstić information content (AvgIpc) is 2.15. The Morgan fingerprint density at radius 2 is 2.15 bits per heavy atom. The number of rotatable bonds is 4. The van der Waals surface area contributed by atoms with Gasteiger partial charge in [-0.15, -0.1) is 0 Å². The highest BCUT2D eigenvalue weighted by Crippen LogP contribution is 2.10. The van der Waals surface area contributed by atoms with Crippen LogP contribution >= 0.6 is 15.9 Å². The molecule has 1 heterocycles. The van der Waals surface area contributed by atoms with Crippen LogP contribution in [0.4, 0.5) is 0 Å². The molecule has 0 radical (unpaired) electrons. The number of hydrogen-bond donors (Lipinski definition) is 1. The molecule has 0 aromatic carbocycles. The first kappa shape index (κ1) is 10.2. The van der Waals surface area contributed by atoms with Gasteiger partial charge in [0.1, 0.15) is 4.83 Å². The van der Waals surface area contributed by atoms with Crippen LogP contribution in [0.2, 0.25) is 0 Å². The standard InChI is InChI=1S/C9H10BrNO2/c10-8(9(12)13)2-1-7-3-5-11-6-4-7/h3-6,8H,1-2H2,(H,12,13). The predicted molar refractivity (Wildman–Crippen MR) is 52.9 cm³/mol. The maximum Gasteiger partial charge on any atom is 0.317 e. The van der Waals surface area contributed by atoms with E-state index in [4.69, 9.17) is 5.11 Å². The smallest absolute Gasteiger partial charge is 0.317 e. The Bertz CT molecular complexity index is 276. The first-order chi connectivity index (χ1) is 6.20. The largest absolute Gasteiger partial charge is 0.480 e. The first-order valence-corrected chi connectivity index (χ1v) is 4.87. The fourth-order valence-corrected chi connectivity index (χ4v) is 1.20. The van der Waals surface area contributed by atoms with Crippen LogP contribution in [0.5, 0.6) is 0 Å². The second kappa shape index (κ2) is 4.97. The molecule has 0 fully saturated rings. The van der Waals surface area contributed by atoms with Gasteiger partial charge in [-0.2, -0.15) is 0 Å². The molecule has 1 N–H and O–H groups in total. The minimum absolute atomic E-state index is 0.458. The lowest BCUT2D eigenvalue weighted by Crippen LogP contribution is -2.13. The van der Waals surface area contributed by atoms with Gasteiger partial charge in [-0.3, -0.25) is 9.78 Å². The van der Waals surface area contributed by atoms with E-state index in [2.05, 4.69) is 20.9 Å². The van der Waals surface area contributed by atoms with E-state index in [0.717, 1.165) is 12.0 Å². The third kappa shape index (κ3) is 3.55. The van der Waals surface area contributed by atoms with Crippen molar-refractivity contribution in [2.45, 2.75) is 17.7 Å². The summed E-state index contributed by atoms with van der Waals surface area (Å²) < 4.78 is 0. The van der Waals surface area contributed by atoms with Gasteiger partial charge in [-0.05, 0) is 30.5 Å². The third-order valence-corrected chi connectivity index (χ3v) is 2.55.